The number of ether oxygens (including phenoxy) is 1. The maximum atomic E-state index is 13.7. The first-order valence-electron chi connectivity index (χ1n) is 12.4. The molecular formula is C28H35Cl2NO8S2. The van der Waals surface area contributed by atoms with Gasteiger partial charge in [0.15, 0.2) is 5.78 Å². The number of ketones is 1. The molecule has 1 heterocycles. The van der Waals surface area contributed by atoms with Crippen LogP contribution >= 0.6 is 23.2 Å². The van der Waals surface area contributed by atoms with Crippen molar-refractivity contribution in [2.24, 2.45) is 10.8 Å². The zero-order chi connectivity index (χ0) is 31.3. The standard InChI is InChI=1S/C28H35Cl2NO8S2/c1-27(2,3)16-40(33,34,35)21-14-24(41(36,37,38)17-28(4,5)6)26(31-15-21)39-20-10-7-18(8-11-20)25(32)22-13-19(29)9-12-23(22)30/h7-15H,16-17H2,1-6H3,(H2,33,34,35)(H2,36,37,38). The fourth-order valence-corrected chi connectivity index (χ4v) is 9.67. The van der Waals surface area contributed by atoms with Crippen molar-refractivity contribution in [3.8, 4) is 11.6 Å². The molecular weight excluding hydrogens is 613 g/mol. The van der Waals surface area contributed by atoms with Gasteiger partial charge in [0.1, 0.15) is 29.9 Å². The summed E-state index contributed by atoms with van der Waals surface area (Å²) in [5.41, 5.74) is -1.26. The third-order valence-corrected chi connectivity index (χ3v) is 11.3. The van der Waals surface area contributed by atoms with Gasteiger partial charge in [0, 0.05) is 22.3 Å². The molecule has 0 aliphatic heterocycles. The number of rotatable bonds is 8. The Bertz CT molecular complexity index is 1630. The van der Waals surface area contributed by atoms with Crippen LogP contribution < -0.4 is 4.74 Å². The predicted octanol–water partition coefficient (Wildman–Crippen LogP) is 7.75. The van der Waals surface area contributed by atoms with Crippen LogP contribution in [0.5, 0.6) is 11.6 Å². The number of aromatic nitrogens is 1. The minimum atomic E-state index is -5.75. The molecule has 3 aromatic rings. The van der Waals surface area contributed by atoms with Gasteiger partial charge in [0.25, 0.3) is 0 Å². The second-order valence-electron chi connectivity index (χ2n) is 12.5. The predicted molar refractivity (Wildman–Crippen MR) is 163 cm³/mol. The largest absolute Gasteiger partial charge is 0.438 e. The monoisotopic (exact) mass is 647 g/mol. The van der Waals surface area contributed by atoms with Crippen LogP contribution in [0.3, 0.4) is 0 Å². The first-order valence-corrected chi connectivity index (χ1v) is 17.3. The first kappa shape index (κ1) is 33.3. The summed E-state index contributed by atoms with van der Waals surface area (Å²) in [6.07, 6.45) is 0.860. The molecule has 0 atom stereocenters. The second-order valence-corrected chi connectivity index (χ2v) is 18.9. The molecule has 0 fully saturated rings. The van der Waals surface area contributed by atoms with Crippen LogP contribution in [0, 0.1) is 10.8 Å². The zero-order valence-electron chi connectivity index (χ0n) is 23.6. The van der Waals surface area contributed by atoms with Gasteiger partial charge in [-0.1, -0.05) is 64.7 Å². The summed E-state index contributed by atoms with van der Waals surface area (Å²) in [6.45, 7) is 9.77. The minimum Gasteiger partial charge on any atom is -0.438 e. The molecule has 2 aromatic carbocycles. The van der Waals surface area contributed by atoms with Crippen LogP contribution in [0.25, 0.3) is 0 Å². The lowest BCUT2D eigenvalue weighted by Gasteiger charge is -2.39. The number of hydrogen-bond donors (Lipinski definition) is 4. The van der Waals surface area contributed by atoms with Crippen molar-refractivity contribution >= 4 is 48.2 Å². The number of carbonyl (C=O) groups excluding carboxylic acids is 1. The molecule has 41 heavy (non-hydrogen) atoms. The van der Waals surface area contributed by atoms with Gasteiger partial charge >= 0.3 is 0 Å². The van der Waals surface area contributed by atoms with Crippen molar-refractivity contribution < 1.29 is 36.2 Å². The highest BCUT2D eigenvalue weighted by molar-refractivity contribution is 8.11. The molecule has 0 bridgehead atoms. The van der Waals surface area contributed by atoms with Crippen LogP contribution in [0.2, 0.25) is 10.0 Å². The van der Waals surface area contributed by atoms with E-state index in [4.69, 9.17) is 27.9 Å². The molecule has 0 radical (unpaired) electrons. The SMILES string of the molecule is CC(C)(C)CS(=O)(O)(O)c1cnc(Oc2ccc(C(=O)c3cc(Cl)ccc3Cl)cc2)c(S(=O)(O)(O)CC(C)(C)C)c1. The van der Waals surface area contributed by atoms with E-state index in [-0.39, 0.29) is 21.9 Å². The topological polar surface area (TPSA) is 154 Å². The first-order chi connectivity index (χ1) is 18.3. The van der Waals surface area contributed by atoms with E-state index >= 15 is 0 Å². The summed E-state index contributed by atoms with van der Waals surface area (Å²) in [6, 6.07) is 10.9. The van der Waals surface area contributed by atoms with Gasteiger partial charge in [0.05, 0.1) is 21.4 Å². The number of nitrogens with zero attached hydrogens (tertiary/aromatic N) is 1. The van der Waals surface area contributed by atoms with E-state index in [0.29, 0.717) is 5.02 Å². The van der Waals surface area contributed by atoms with E-state index in [9.17, 15) is 31.4 Å². The van der Waals surface area contributed by atoms with E-state index < -0.39 is 63.0 Å². The van der Waals surface area contributed by atoms with Gasteiger partial charge < -0.3 is 22.9 Å². The van der Waals surface area contributed by atoms with Crippen molar-refractivity contribution in [3.63, 3.8) is 0 Å². The Balaban J connectivity index is 2.09. The lowest BCUT2D eigenvalue weighted by atomic mass is 10.0. The molecule has 0 aliphatic carbocycles. The van der Waals surface area contributed by atoms with Crippen molar-refractivity contribution in [2.45, 2.75) is 51.3 Å². The van der Waals surface area contributed by atoms with Crippen molar-refractivity contribution in [1.82, 2.24) is 4.98 Å². The summed E-state index contributed by atoms with van der Waals surface area (Å²) >= 11 is 12.1. The molecule has 3 rings (SSSR count). The average Bonchev–Trinajstić information content (AvgIpc) is 2.76. The summed E-state index contributed by atoms with van der Waals surface area (Å²) in [5.74, 6) is -2.13. The Hall–Kier alpha value is -2.22. The van der Waals surface area contributed by atoms with Crippen LogP contribution in [-0.4, -0.2) is 48.9 Å². The highest BCUT2D eigenvalue weighted by atomic mass is 35.5. The Kier molecular flexibility index (Phi) is 8.52. The number of pyridine rings is 1. The van der Waals surface area contributed by atoms with Gasteiger partial charge in [-0.3, -0.25) is 4.79 Å². The van der Waals surface area contributed by atoms with E-state index in [1.807, 2.05) is 0 Å². The Labute approximate surface area is 249 Å². The van der Waals surface area contributed by atoms with Gasteiger partial charge in [-0.05, 0) is 59.4 Å². The number of benzene rings is 2. The third kappa shape index (κ3) is 8.42. The molecule has 0 amide bonds. The molecule has 9 nitrogen and oxygen atoms in total. The molecule has 226 valence electrons. The minimum absolute atomic E-state index is 0.0689. The smallest absolute Gasteiger partial charge is 0.238 e. The Morgan fingerprint density at radius 3 is 1.90 bits per heavy atom. The lowest BCUT2D eigenvalue weighted by molar-refractivity contribution is 0.103. The second kappa shape index (κ2) is 10.5. The van der Waals surface area contributed by atoms with E-state index in [1.54, 1.807) is 47.6 Å². The van der Waals surface area contributed by atoms with Crippen molar-refractivity contribution in [2.75, 3.05) is 11.5 Å². The molecule has 0 unspecified atom stereocenters. The zero-order valence-corrected chi connectivity index (χ0v) is 26.7. The maximum Gasteiger partial charge on any atom is 0.238 e. The molecule has 0 saturated heterocycles. The van der Waals surface area contributed by atoms with Gasteiger partial charge in [-0.25, -0.2) is 13.4 Å². The van der Waals surface area contributed by atoms with E-state index in [0.717, 1.165) is 12.3 Å². The van der Waals surface area contributed by atoms with Crippen LogP contribution in [0.15, 0.2) is 64.5 Å². The number of halogens is 2. The van der Waals surface area contributed by atoms with E-state index in [2.05, 4.69) is 4.98 Å². The van der Waals surface area contributed by atoms with Crippen LogP contribution in [-0.2, 0) is 19.3 Å². The van der Waals surface area contributed by atoms with Crippen molar-refractivity contribution in [3.05, 3.63) is 75.9 Å². The summed E-state index contributed by atoms with van der Waals surface area (Å²) in [5, 5.41) is 0.550. The molecule has 0 aliphatic rings. The molecule has 1 aromatic heterocycles. The Morgan fingerprint density at radius 2 is 1.37 bits per heavy atom. The Morgan fingerprint density at radius 1 is 0.829 bits per heavy atom. The summed E-state index contributed by atoms with van der Waals surface area (Å²) in [7, 11) is -11.3. The molecule has 4 N–H and O–H groups in total. The van der Waals surface area contributed by atoms with Gasteiger partial charge in [-0.2, -0.15) is 0 Å². The maximum absolute atomic E-state index is 13.7. The summed E-state index contributed by atoms with van der Waals surface area (Å²) < 4.78 is 76.6. The summed E-state index contributed by atoms with van der Waals surface area (Å²) in [4.78, 5) is 15.5. The fourth-order valence-electron chi connectivity index (χ4n) is 4.34. The normalized spacial score (nSPS) is 14.9. The molecule has 0 saturated carbocycles. The third-order valence-electron chi connectivity index (χ3n) is 5.60. The lowest BCUT2D eigenvalue weighted by Crippen LogP contribution is -2.43. The van der Waals surface area contributed by atoms with Gasteiger partial charge in [-0.15, -0.1) is 0 Å². The fraction of sp³-hybridized carbons (Fsp3) is 0.357. The number of carbonyl (C=O) groups is 1. The molecule has 0 spiro atoms. The van der Waals surface area contributed by atoms with Gasteiger partial charge in [0.2, 0.25) is 5.88 Å². The molecule has 13 heteroatoms. The number of hydrogen-bond acceptors (Lipinski definition) is 5. The van der Waals surface area contributed by atoms with Crippen LogP contribution in [0.1, 0.15) is 57.5 Å². The van der Waals surface area contributed by atoms with E-state index in [1.165, 1.54) is 36.4 Å². The average molecular weight is 649 g/mol. The van der Waals surface area contributed by atoms with Crippen LogP contribution in [0.4, 0.5) is 0 Å². The highest BCUT2D eigenvalue weighted by Gasteiger charge is 2.44. The van der Waals surface area contributed by atoms with Crippen molar-refractivity contribution in [1.29, 1.82) is 0 Å². The highest BCUT2D eigenvalue weighted by Crippen LogP contribution is 2.44. The quantitative estimate of drug-likeness (QED) is 0.180.